The molecule has 0 radical (unpaired) electrons. The molecule has 39 heavy (non-hydrogen) atoms. The fraction of sp³-hybridized carbons (Fsp3) is 0.200. The lowest BCUT2D eigenvalue weighted by atomic mass is 9.94. The molecular weight excluding hydrogens is 478 g/mol. The number of fused-ring (bicyclic) bond motifs is 1. The van der Waals surface area contributed by atoms with E-state index >= 15 is 0 Å². The monoisotopic (exact) mass is 513 g/mol. The van der Waals surface area contributed by atoms with E-state index in [0.717, 1.165) is 46.1 Å². The minimum Gasteiger partial charge on any atom is -0.345 e. The van der Waals surface area contributed by atoms with E-state index in [4.69, 9.17) is 4.98 Å². The Kier molecular flexibility index (Phi) is 8.45. The average molecular weight is 514 g/mol. The number of rotatable bonds is 10. The first-order valence-electron chi connectivity index (χ1n) is 13.8. The Bertz CT molecular complexity index is 1520. The van der Waals surface area contributed by atoms with Gasteiger partial charge in [0.05, 0.1) is 22.8 Å². The van der Waals surface area contributed by atoms with Crippen molar-refractivity contribution in [3.05, 3.63) is 138 Å². The average Bonchev–Trinajstić information content (AvgIpc) is 3.01. The Morgan fingerprint density at radius 1 is 0.692 bits per heavy atom. The van der Waals surface area contributed by atoms with Gasteiger partial charge in [-0.25, -0.2) is 4.98 Å². The molecule has 1 amide bonds. The highest BCUT2D eigenvalue weighted by molar-refractivity contribution is 6.09. The van der Waals surface area contributed by atoms with Crippen molar-refractivity contribution in [1.82, 2.24) is 15.6 Å². The van der Waals surface area contributed by atoms with E-state index in [1.807, 2.05) is 66.7 Å². The molecule has 0 aliphatic carbocycles. The number of hydrogen-bond donors (Lipinski definition) is 2. The number of para-hydroxylation sites is 1. The lowest BCUT2D eigenvalue weighted by molar-refractivity contribution is 0.0936. The van der Waals surface area contributed by atoms with Gasteiger partial charge in [0, 0.05) is 29.1 Å². The molecule has 0 saturated heterocycles. The van der Waals surface area contributed by atoms with Crippen molar-refractivity contribution in [2.45, 2.75) is 45.3 Å². The molecule has 0 saturated carbocycles. The third-order valence-corrected chi connectivity index (χ3v) is 7.32. The molecule has 1 aromatic heterocycles. The summed E-state index contributed by atoms with van der Waals surface area (Å²) in [6, 6.07) is 38.9. The number of nitrogens with one attached hydrogen (secondary N) is 2. The van der Waals surface area contributed by atoms with Gasteiger partial charge in [-0.15, -0.1) is 0 Å². The molecule has 0 bridgehead atoms. The number of hydrogen-bond acceptors (Lipinski definition) is 3. The van der Waals surface area contributed by atoms with E-state index in [2.05, 4.69) is 73.0 Å². The Labute approximate surface area is 231 Å². The van der Waals surface area contributed by atoms with Crippen LogP contribution >= 0.6 is 0 Å². The lowest BCUT2D eigenvalue weighted by Crippen LogP contribution is -2.31. The molecule has 2 N–H and O–H groups in total. The largest absolute Gasteiger partial charge is 0.345 e. The summed E-state index contributed by atoms with van der Waals surface area (Å²) in [4.78, 5) is 19.3. The van der Waals surface area contributed by atoms with Crippen LogP contribution < -0.4 is 10.6 Å². The highest BCUT2D eigenvalue weighted by Crippen LogP contribution is 2.32. The highest BCUT2D eigenvalue weighted by Gasteiger charge is 2.24. The molecule has 5 rings (SSSR count). The van der Waals surface area contributed by atoms with Crippen LogP contribution in [0.3, 0.4) is 0 Å². The van der Waals surface area contributed by atoms with Crippen molar-refractivity contribution in [2.75, 3.05) is 0 Å². The zero-order valence-corrected chi connectivity index (χ0v) is 22.6. The van der Waals surface area contributed by atoms with Crippen LogP contribution in [0.1, 0.15) is 65.8 Å². The summed E-state index contributed by atoms with van der Waals surface area (Å²) < 4.78 is 0. The third kappa shape index (κ3) is 5.92. The van der Waals surface area contributed by atoms with Crippen LogP contribution in [0.25, 0.3) is 22.2 Å². The fourth-order valence-corrected chi connectivity index (χ4v) is 5.26. The molecule has 0 fully saturated rings. The van der Waals surface area contributed by atoms with Gasteiger partial charge in [0.2, 0.25) is 0 Å². The number of amides is 1. The molecular formula is C35H35N3O. The van der Waals surface area contributed by atoms with Crippen molar-refractivity contribution >= 4 is 16.8 Å². The molecule has 2 atom stereocenters. The summed E-state index contributed by atoms with van der Waals surface area (Å²) in [5.41, 5.74) is 6.58. The van der Waals surface area contributed by atoms with Gasteiger partial charge in [-0.3, -0.25) is 4.79 Å². The van der Waals surface area contributed by atoms with Crippen molar-refractivity contribution in [2.24, 2.45) is 0 Å². The molecule has 4 aromatic carbocycles. The van der Waals surface area contributed by atoms with Gasteiger partial charge in [0.25, 0.3) is 5.91 Å². The van der Waals surface area contributed by atoms with E-state index in [1.54, 1.807) is 0 Å². The van der Waals surface area contributed by atoms with E-state index in [1.165, 1.54) is 5.56 Å². The van der Waals surface area contributed by atoms with Gasteiger partial charge < -0.3 is 10.6 Å². The van der Waals surface area contributed by atoms with Crippen molar-refractivity contribution in [3.8, 4) is 11.3 Å². The number of benzene rings is 4. The number of pyridine rings is 1. The molecule has 5 aromatic rings. The smallest absolute Gasteiger partial charge is 0.252 e. The van der Waals surface area contributed by atoms with E-state index in [0.29, 0.717) is 12.1 Å². The summed E-state index contributed by atoms with van der Waals surface area (Å²) in [6.45, 7) is 4.80. The maximum atomic E-state index is 14.2. The molecule has 196 valence electrons. The molecule has 0 spiro atoms. The maximum absolute atomic E-state index is 14.2. The molecule has 4 heteroatoms. The second kappa shape index (κ2) is 12.5. The number of nitrogens with zero attached hydrogens (tertiary/aromatic N) is 1. The summed E-state index contributed by atoms with van der Waals surface area (Å²) in [6.07, 6.45) is 1.73. The SMILES string of the molecule is CCC(NC(=O)c1c(CN[C@@H](CC)c2ccccc2)c(-c2ccccc2)nc2ccccc12)c1ccccc1. The van der Waals surface area contributed by atoms with Crippen LogP contribution in [-0.4, -0.2) is 10.9 Å². The molecule has 1 unspecified atom stereocenters. The Balaban J connectivity index is 1.62. The first-order valence-corrected chi connectivity index (χ1v) is 13.8. The molecule has 4 nitrogen and oxygen atoms in total. The molecule has 1 heterocycles. The van der Waals surface area contributed by atoms with Crippen molar-refractivity contribution in [1.29, 1.82) is 0 Å². The van der Waals surface area contributed by atoms with Crippen molar-refractivity contribution < 1.29 is 4.79 Å². The van der Waals surface area contributed by atoms with Gasteiger partial charge in [0.1, 0.15) is 0 Å². The Morgan fingerprint density at radius 3 is 1.85 bits per heavy atom. The molecule has 0 aliphatic heterocycles. The first-order chi connectivity index (χ1) is 19.2. The second-order valence-electron chi connectivity index (χ2n) is 9.79. The van der Waals surface area contributed by atoms with Crippen LogP contribution in [0.2, 0.25) is 0 Å². The summed E-state index contributed by atoms with van der Waals surface area (Å²) in [5, 5.41) is 7.96. The number of carbonyl (C=O) groups excluding carboxylic acids is 1. The summed E-state index contributed by atoms with van der Waals surface area (Å²) >= 11 is 0. The predicted octanol–water partition coefficient (Wildman–Crippen LogP) is 8.02. The standard InChI is InChI=1S/C35H35N3O/c1-3-30(25-16-8-5-9-17-25)36-24-29-33(35(39)38-31(4-2)26-18-10-6-11-19-26)28-22-14-15-23-32(28)37-34(29)27-20-12-7-13-21-27/h5-23,30-31,36H,3-4,24H2,1-2H3,(H,38,39)/t30-,31?/m0/s1. The third-order valence-electron chi connectivity index (χ3n) is 7.32. The van der Waals surface area contributed by atoms with Gasteiger partial charge >= 0.3 is 0 Å². The maximum Gasteiger partial charge on any atom is 0.252 e. The van der Waals surface area contributed by atoms with Gasteiger partial charge in [-0.05, 0) is 30.0 Å². The minimum atomic E-state index is -0.0840. The number of aromatic nitrogens is 1. The van der Waals surface area contributed by atoms with Crippen LogP contribution in [-0.2, 0) is 6.54 Å². The quantitative estimate of drug-likeness (QED) is 0.199. The van der Waals surface area contributed by atoms with Crippen LogP contribution in [0.5, 0.6) is 0 Å². The van der Waals surface area contributed by atoms with Gasteiger partial charge in [-0.2, -0.15) is 0 Å². The van der Waals surface area contributed by atoms with Crippen LogP contribution in [0, 0.1) is 0 Å². The lowest BCUT2D eigenvalue weighted by Gasteiger charge is -2.23. The van der Waals surface area contributed by atoms with E-state index in [9.17, 15) is 4.79 Å². The van der Waals surface area contributed by atoms with Gasteiger partial charge in [-0.1, -0.05) is 123 Å². The summed E-state index contributed by atoms with van der Waals surface area (Å²) in [5.74, 6) is -0.0777. The second-order valence-corrected chi connectivity index (χ2v) is 9.79. The zero-order chi connectivity index (χ0) is 27.0. The topological polar surface area (TPSA) is 54.0 Å². The van der Waals surface area contributed by atoms with Crippen LogP contribution in [0.4, 0.5) is 0 Å². The molecule has 0 aliphatic rings. The number of carbonyl (C=O) groups is 1. The normalized spacial score (nSPS) is 12.7. The highest BCUT2D eigenvalue weighted by atomic mass is 16.1. The zero-order valence-electron chi connectivity index (χ0n) is 22.6. The predicted molar refractivity (Wildman–Crippen MR) is 160 cm³/mol. The van der Waals surface area contributed by atoms with E-state index < -0.39 is 0 Å². The Morgan fingerprint density at radius 2 is 1.23 bits per heavy atom. The Hall–Kier alpha value is -4.28. The van der Waals surface area contributed by atoms with E-state index in [-0.39, 0.29) is 18.0 Å². The first kappa shape index (κ1) is 26.3. The van der Waals surface area contributed by atoms with Crippen LogP contribution in [0.15, 0.2) is 115 Å². The summed E-state index contributed by atoms with van der Waals surface area (Å²) in [7, 11) is 0. The van der Waals surface area contributed by atoms with Crippen molar-refractivity contribution in [3.63, 3.8) is 0 Å². The minimum absolute atomic E-state index is 0.0777. The van der Waals surface area contributed by atoms with Gasteiger partial charge in [0.15, 0.2) is 0 Å². The fourth-order valence-electron chi connectivity index (χ4n) is 5.26.